The molecular weight excluding hydrogens is 233 g/mol. The molecule has 1 aromatic rings. The monoisotopic (exact) mass is 251 g/mol. The van der Waals surface area contributed by atoms with E-state index in [-0.39, 0.29) is 11.8 Å². The number of benzene rings is 1. The Morgan fingerprint density at radius 3 is 2.61 bits per heavy atom. The van der Waals surface area contributed by atoms with E-state index >= 15 is 0 Å². The Morgan fingerprint density at radius 2 is 2.00 bits per heavy atom. The highest BCUT2D eigenvalue weighted by molar-refractivity contribution is 5.92. The first kappa shape index (κ1) is 12.8. The zero-order chi connectivity index (χ0) is 13.1. The number of nitrogens with zero attached hydrogens (tertiary/aromatic N) is 2. The highest BCUT2D eigenvalue weighted by Gasteiger charge is 2.29. The van der Waals surface area contributed by atoms with Crippen LogP contribution in [0.5, 0.6) is 0 Å². The lowest BCUT2D eigenvalue weighted by atomic mass is 10.0. The fraction of sp³-hybridized carbons (Fsp3) is 0.462. The van der Waals surface area contributed by atoms with Gasteiger partial charge in [0.2, 0.25) is 0 Å². The molecule has 1 aromatic carbocycles. The van der Waals surface area contributed by atoms with E-state index in [0.717, 1.165) is 18.7 Å². The highest BCUT2D eigenvalue weighted by atomic mass is 19.1. The SMILES string of the molecule is CN1CC(CCN)CN(c2ccc(F)cc2)C1=O. The molecule has 1 unspecified atom stereocenters. The van der Waals surface area contributed by atoms with Crippen molar-refractivity contribution in [2.45, 2.75) is 6.42 Å². The van der Waals surface area contributed by atoms with E-state index in [4.69, 9.17) is 5.73 Å². The van der Waals surface area contributed by atoms with Crippen LogP contribution in [-0.4, -0.2) is 37.6 Å². The van der Waals surface area contributed by atoms with Crippen molar-refractivity contribution in [2.24, 2.45) is 11.7 Å². The van der Waals surface area contributed by atoms with E-state index in [9.17, 15) is 9.18 Å². The standard InChI is InChI=1S/C13H18FN3O/c1-16-8-10(6-7-15)9-17(13(16)18)12-4-2-11(14)3-5-12/h2-5,10H,6-9,15H2,1H3. The van der Waals surface area contributed by atoms with Crippen LogP contribution in [0.1, 0.15) is 6.42 Å². The first-order chi connectivity index (χ1) is 8.61. The van der Waals surface area contributed by atoms with Gasteiger partial charge in [0, 0.05) is 25.8 Å². The largest absolute Gasteiger partial charge is 0.330 e. The molecule has 2 rings (SSSR count). The van der Waals surface area contributed by atoms with Gasteiger partial charge >= 0.3 is 6.03 Å². The molecule has 1 aliphatic heterocycles. The molecule has 0 aliphatic carbocycles. The maximum Gasteiger partial charge on any atom is 0.324 e. The third kappa shape index (κ3) is 2.61. The van der Waals surface area contributed by atoms with Gasteiger partial charge in [-0.3, -0.25) is 4.90 Å². The van der Waals surface area contributed by atoms with Gasteiger partial charge in [-0.15, -0.1) is 0 Å². The summed E-state index contributed by atoms with van der Waals surface area (Å²) in [4.78, 5) is 15.5. The van der Waals surface area contributed by atoms with Gasteiger partial charge in [0.1, 0.15) is 5.82 Å². The molecule has 4 nitrogen and oxygen atoms in total. The Hall–Kier alpha value is -1.62. The quantitative estimate of drug-likeness (QED) is 0.888. The van der Waals surface area contributed by atoms with Gasteiger partial charge < -0.3 is 10.6 Å². The van der Waals surface area contributed by atoms with Crippen LogP contribution >= 0.6 is 0 Å². The van der Waals surface area contributed by atoms with Crippen LogP contribution in [0.4, 0.5) is 14.9 Å². The summed E-state index contributed by atoms with van der Waals surface area (Å²) >= 11 is 0. The van der Waals surface area contributed by atoms with Gasteiger partial charge in [-0.1, -0.05) is 0 Å². The minimum absolute atomic E-state index is 0.0464. The second-order valence-electron chi connectivity index (χ2n) is 4.69. The lowest BCUT2D eigenvalue weighted by molar-refractivity contribution is 0.191. The predicted molar refractivity (Wildman–Crippen MR) is 68.9 cm³/mol. The molecule has 98 valence electrons. The van der Waals surface area contributed by atoms with Gasteiger partial charge in [-0.25, -0.2) is 9.18 Å². The lowest BCUT2D eigenvalue weighted by Crippen LogP contribution is -2.52. The van der Waals surface area contributed by atoms with E-state index in [2.05, 4.69) is 0 Å². The average molecular weight is 251 g/mol. The third-order valence-electron chi connectivity index (χ3n) is 3.24. The Balaban J connectivity index is 2.18. The first-order valence-electron chi connectivity index (χ1n) is 6.10. The highest BCUT2D eigenvalue weighted by Crippen LogP contribution is 2.23. The first-order valence-corrected chi connectivity index (χ1v) is 6.10. The maximum absolute atomic E-state index is 12.9. The van der Waals surface area contributed by atoms with Crippen LogP contribution in [0.2, 0.25) is 0 Å². The summed E-state index contributed by atoms with van der Waals surface area (Å²) < 4.78 is 12.9. The minimum atomic E-state index is -0.296. The molecule has 1 saturated heterocycles. The van der Waals surface area contributed by atoms with Crippen molar-refractivity contribution in [3.8, 4) is 0 Å². The summed E-state index contributed by atoms with van der Waals surface area (Å²) in [5.74, 6) is 0.0674. The van der Waals surface area contributed by atoms with E-state index in [0.29, 0.717) is 19.0 Å². The van der Waals surface area contributed by atoms with Gasteiger partial charge in [-0.2, -0.15) is 0 Å². The number of hydrogen-bond acceptors (Lipinski definition) is 2. The number of rotatable bonds is 3. The topological polar surface area (TPSA) is 49.6 Å². The van der Waals surface area contributed by atoms with Crippen molar-refractivity contribution in [2.75, 3.05) is 31.6 Å². The molecule has 1 fully saturated rings. The number of carbonyl (C=O) groups is 1. The van der Waals surface area contributed by atoms with Crippen LogP contribution in [0.15, 0.2) is 24.3 Å². The molecule has 0 aromatic heterocycles. The summed E-state index contributed by atoms with van der Waals surface area (Å²) in [7, 11) is 1.78. The molecule has 18 heavy (non-hydrogen) atoms. The summed E-state index contributed by atoms with van der Waals surface area (Å²) in [6.45, 7) is 1.99. The number of urea groups is 1. The van der Waals surface area contributed by atoms with Crippen molar-refractivity contribution in [1.29, 1.82) is 0 Å². The van der Waals surface area contributed by atoms with Gasteiger partial charge in [0.15, 0.2) is 0 Å². The number of amides is 2. The number of nitrogens with two attached hydrogens (primary N) is 1. The number of anilines is 1. The van der Waals surface area contributed by atoms with E-state index in [1.54, 1.807) is 29.0 Å². The molecule has 0 radical (unpaired) electrons. The Morgan fingerprint density at radius 1 is 1.33 bits per heavy atom. The van der Waals surface area contributed by atoms with Crippen LogP contribution in [0.25, 0.3) is 0 Å². The molecule has 5 heteroatoms. The molecule has 0 spiro atoms. The van der Waals surface area contributed by atoms with Crippen LogP contribution in [0, 0.1) is 11.7 Å². The summed E-state index contributed by atoms with van der Waals surface area (Å²) in [6.07, 6.45) is 0.884. The lowest BCUT2D eigenvalue weighted by Gasteiger charge is -2.38. The van der Waals surface area contributed by atoms with Crippen molar-refractivity contribution < 1.29 is 9.18 Å². The smallest absolute Gasteiger partial charge is 0.324 e. The molecule has 2 amide bonds. The summed E-state index contributed by atoms with van der Waals surface area (Å²) in [6, 6.07) is 5.96. The number of hydrogen-bond donors (Lipinski definition) is 1. The van der Waals surface area contributed by atoms with Crippen molar-refractivity contribution in [3.63, 3.8) is 0 Å². The van der Waals surface area contributed by atoms with Crippen LogP contribution in [0.3, 0.4) is 0 Å². The van der Waals surface area contributed by atoms with Crippen molar-refractivity contribution in [3.05, 3.63) is 30.1 Å². The molecule has 1 heterocycles. The summed E-state index contributed by atoms with van der Waals surface area (Å²) in [5, 5.41) is 0. The minimum Gasteiger partial charge on any atom is -0.330 e. The van der Waals surface area contributed by atoms with Gasteiger partial charge in [-0.05, 0) is 43.1 Å². The number of carbonyl (C=O) groups excluding carboxylic acids is 1. The Bertz CT molecular complexity index is 421. The number of halogens is 1. The van der Waals surface area contributed by atoms with Gasteiger partial charge in [0.05, 0.1) is 0 Å². The van der Waals surface area contributed by atoms with Crippen LogP contribution in [-0.2, 0) is 0 Å². The average Bonchev–Trinajstić information content (AvgIpc) is 2.35. The zero-order valence-corrected chi connectivity index (χ0v) is 10.5. The fourth-order valence-corrected chi connectivity index (χ4v) is 2.32. The predicted octanol–water partition coefficient (Wildman–Crippen LogP) is 1.66. The van der Waals surface area contributed by atoms with Crippen molar-refractivity contribution >= 4 is 11.7 Å². The summed E-state index contributed by atoms with van der Waals surface area (Å²) in [5.41, 5.74) is 6.30. The molecule has 1 atom stereocenters. The van der Waals surface area contributed by atoms with Crippen molar-refractivity contribution in [1.82, 2.24) is 4.90 Å². The maximum atomic E-state index is 12.9. The fourth-order valence-electron chi connectivity index (χ4n) is 2.32. The van der Waals surface area contributed by atoms with Gasteiger partial charge in [0.25, 0.3) is 0 Å². The normalized spacial score (nSPS) is 20.4. The second-order valence-corrected chi connectivity index (χ2v) is 4.69. The molecule has 0 saturated carbocycles. The molecule has 0 bridgehead atoms. The Kier molecular flexibility index (Phi) is 3.81. The molecule has 2 N–H and O–H groups in total. The zero-order valence-electron chi connectivity index (χ0n) is 10.5. The van der Waals surface area contributed by atoms with E-state index in [1.807, 2.05) is 0 Å². The molecular formula is C13H18FN3O. The van der Waals surface area contributed by atoms with E-state index in [1.165, 1.54) is 12.1 Å². The van der Waals surface area contributed by atoms with Crippen LogP contribution < -0.4 is 10.6 Å². The van der Waals surface area contributed by atoms with E-state index < -0.39 is 0 Å². The third-order valence-corrected chi connectivity index (χ3v) is 3.24. The second kappa shape index (κ2) is 5.35. The Labute approximate surface area is 106 Å². The molecule has 1 aliphatic rings.